The lowest BCUT2D eigenvalue weighted by Crippen LogP contribution is -2.47. The van der Waals surface area contributed by atoms with Gasteiger partial charge in [-0.1, -0.05) is 65.9 Å². The van der Waals surface area contributed by atoms with E-state index in [4.69, 9.17) is 12.2 Å². The number of hydrogen-bond acceptors (Lipinski definition) is 4. The van der Waals surface area contributed by atoms with E-state index < -0.39 is 12.0 Å². The van der Waals surface area contributed by atoms with Crippen LogP contribution in [0.3, 0.4) is 0 Å². The van der Waals surface area contributed by atoms with Crippen LogP contribution in [0.15, 0.2) is 33.6 Å². The highest BCUT2D eigenvalue weighted by Gasteiger charge is 2.41. The van der Waals surface area contributed by atoms with Gasteiger partial charge in [0.2, 0.25) is 0 Å². The molecular formula is C15H14BrNO3S2. The molecule has 0 aromatic heterocycles. The van der Waals surface area contributed by atoms with Gasteiger partial charge >= 0.3 is 5.97 Å². The molecule has 0 aliphatic carbocycles. The molecule has 0 spiro atoms. The van der Waals surface area contributed by atoms with Gasteiger partial charge in [0.1, 0.15) is 10.4 Å². The number of aliphatic carboxylic acids is 1. The Labute approximate surface area is 146 Å². The van der Waals surface area contributed by atoms with Crippen LogP contribution in [0, 0.1) is 5.92 Å². The minimum absolute atomic E-state index is 0.230. The topological polar surface area (TPSA) is 57.6 Å². The Morgan fingerprint density at radius 2 is 1.95 bits per heavy atom. The molecule has 1 aromatic carbocycles. The SMILES string of the molecule is CC(C)[C@@H](C(=O)O)N1C(=O)/C(=C\c2ccc(Br)cc2)SC1=S. The second-order valence-electron chi connectivity index (χ2n) is 5.13. The van der Waals surface area contributed by atoms with Crippen molar-refractivity contribution in [2.24, 2.45) is 5.92 Å². The number of carboxylic acid groups (broad SMARTS) is 1. The average molecular weight is 400 g/mol. The second-order valence-corrected chi connectivity index (χ2v) is 7.72. The summed E-state index contributed by atoms with van der Waals surface area (Å²) < 4.78 is 1.23. The van der Waals surface area contributed by atoms with Gasteiger partial charge in [0, 0.05) is 4.47 Å². The van der Waals surface area contributed by atoms with E-state index in [1.54, 1.807) is 19.9 Å². The maximum Gasteiger partial charge on any atom is 0.327 e. The highest BCUT2D eigenvalue weighted by atomic mass is 79.9. The third-order valence-corrected chi connectivity index (χ3v) is 5.01. The van der Waals surface area contributed by atoms with Crippen LogP contribution in [0.25, 0.3) is 6.08 Å². The van der Waals surface area contributed by atoms with Gasteiger partial charge in [0.05, 0.1) is 4.91 Å². The smallest absolute Gasteiger partial charge is 0.327 e. The Balaban J connectivity index is 2.32. The van der Waals surface area contributed by atoms with Crippen LogP contribution in [0.1, 0.15) is 19.4 Å². The molecule has 0 bridgehead atoms. The second kappa shape index (κ2) is 6.93. The van der Waals surface area contributed by atoms with Crippen molar-refractivity contribution in [2.45, 2.75) is 19.9 Å². The first-order valence-electron chi connectivity index (χ1n) is 6.56. The lowest BCUT2D eigenvalue weighted by molar-refractivity contribution is -0.146. The lowest BCUT2D eigenvalue weighted by Gasteiger charge is -2.26. The fourth-order valence-electron chi connectivity index (χ4n) is 2.12. The Bertz CT molecular complexity index is 655. The van der Waals surface area contributed by atoms with E-state index in [1.165, 1.54) is 4.90 Å². The molecule has 4 nitrogen and oxygen atoms in total. The number of thiocarbonyl (C=S) groups is 1. The summed E-state index contributed by atoms with van der Waals surface area (Å²) in [6.07, 6.45) is 1.73. The standard InChI is InChI=1S/C15H14BrNO3S2/c1-8(2)12(14(19)20)17-13(18)11(22-15(17)21)7-9-3-5-10(16)6-4-9/h3-8,12H,1-2H3,(H,19,20)/b11-7+/t12-/m0/s1. The molecule has 1 aliphatic rings. The summed E-state index contributed by atoms with van der Waals surface area (Å²) in [4.78, 5) is 25.6. The van der Waals surface area contributed by atoms with Crippen molar-refractivity contribution in [3.63, 3.8) is 0 Å². The van der Waals surface area contributed by atoms with Gasteiger partial charge in [-0.25, -0.2) is 4.79 Å². The van der Waals surface area contributed by atoms with E-state index in [1.807, 2.05) is 24.3 Å². The molecule has 1 saturated heterocycles. The maximum absolute atomic E-state index is 12.5. The highest BCUT2D eigenvalue weighted by Crippen LogP contribution is 2.35. The van der Waals surface area contributed by atoms with Crippen LogP contribution in [0.5, 0.6) is 0 Å². The number of halogens is 1. The predicted octanol–water partition coefficient (Wildman–Crippen LogP) is 3.76. The van der Waals surface area contributed by atoms with Crippen molar-refractivity contribution < 1.29 is 14.7 Å². The van der Waals surface area contributed by atoms with E-state index in [9.17, 15) is 14.7 Å². The molecule has 7 heteroatoms. The molecule has 1 fully saturated rings. The van der Waals surface area contributed by atoms with Crippen molar-refractivity contribution in [3.8, 4) is 0 Å². The summed E-state index contributed by atoms with van der Waals surface area (Å²) in [5.74, 6) is -1.62. The molecule has 1 aromatic rings. The molecule has 1 atom stereocenters. The molecule has 1 aliphatic heterocycles. The predicted molar refractivity (Wildman–Crippen MR) is 95.4 cm³/mol. The van der Waals surface area contributed by atoms with Crippen LogP contribution in [0.4, 0.5) is 0 Å². The number of thioether (sulfide) groups is 1. The van der Waals surface area contributed by atoms with Gasteiger partial charge in [0.15, 0.2) is 0 Å². The highest BCUT2D eigenvalue weighted by molar-refractivity contribution is 9.10. The average Bonchev–Trinajstić information content (AvgIpc) is 2.69. The molecule has 0 unspecified atom stereocenters. The fraction of sp³-hybridized carbons (Fsp3) is 0.267. The van der Waals surface area contributed by atoms with Gasteiger partial charge in [0.25, 0.3) is 5.91 Å². The van der Waals surface area contributed by atoms with Crippen molar-refractivity contribution >= 4 is 62.2 Å². The first-order valence-corrected chi connectivity index (χ1v) is 8.58. The fourth-order valence-corrected chi connectivity index (χ4v) is 3.72. The monoisotopic (exact) mass is 399 g/mol. The molecule has 1 heterocycles. The van der Waals surface area contributed by atoms with E-state index >= 15 is 0 Å². The number of carbonyl (C=O) groups excluding carboxylic acids is 1. The summed E-state index contributed by atoms with van der Waals surface area (Å²) in [7, 11) is 0. The molecule has 1 N–H and O–H groups in total. The summed E-state index contributed by atoms with van der Waals surface area (Å²) in [5.41, 5.74) is 0.861. The number of hydrogen-bond donors (Lipinski definition) is 1. The quantitative estimate of drug-likeness (QED) is 0.616. The van der Waals surface area contributed by atoms with Crippen LogP contribution >= 0.6 is 39.9 Å². The van der Waals surface area contributed by atoms with Gasteiger partial charge in [-0.15, -0.1) is 0 Å². The van der Waals surface area contributed by atoms with E-state index in [0.29, 0.717) is 4.91 Å². The van der Waals surface area contributed by atoms with E-state index in [0.717, 1.165) is 21.8 Å². The zero-order valence-corrected chi connectivity index (χ0v) is 15.2. The number of benzene rings is 1. The maximum atomic E-state index is 12.5. The molecule has 1 amide bonds. The van der Waals surface area contributed by atoms with Crippen molar-refractivity contribution in [2.75, 3.05) is 0 Å². The van der Waals surface area contributed by atoms with Crippen molar-refractivity contribution in [1.82, 2.24) is 4.90 Å². The largest absolute Gasteiger partial charge is 0.480 e. The lowest BCUT2D eigenvalue weighted by atomic mass is 10.0. The number of carbonyl (C=O) groups is 2. The summed E-state index contributed by atoms with van der Waals surface area (Å²) >= 11 is 9.69. The summed E-state index contributed by atoms with van der Waals surface area (Å²) in [5, 5.41) is 9.36. The Morgan fingerprint density at radius 3 is 2.45 bits per heavy atom. The third kappa shape index (κ3) is 3.59. The number of rotatable bonds is 4. The molecule has 0 saturated carbocycles. The Kier molecular flexibility index (Phi) is 5.41. The number of amides is 1. The minimum Gasteiger partial charge on any atom is -0.480 e. The first-order chi connectivity index (χ1) is 10.3. The number of nitrogens with zero attached hydrogens (tertiary/aromatic N) is 1. The Hall–Kier alpha value is -1.18. The van der Waals surface area contributed by atoms with Crippen molar-refractivity contribution in [3.05, 3.63) is 39.2 Å². The normalized spacial score (nSPS) is 18.4. The zero-order chi connectivity index (χ0) is 16.4. The molecular weight excluding hydrogens is 386 g/mol. The van der Waals surface area contributed by atoms with Gasteiger partial charge in [-0.05, 0) is 29.7 Å². The molecule has 22 heavy (non-hydrogen) atoms. The first kappa shape index (κ1) is 17.2. The van der Waals surface area contributed by atoms with Crippen LogP contribution in [-0.4, -0.2) is 32.2 Å². The summed E-state index contributed by atoms with van der Waals surface area (Å²) in [6, 6.07) is 6.55. The Morgan fingerprint density at radius 1 is 1.36 bits per heavy atom. The third-order valence-electron chi connectivity index (χ3n) is 3.15. The molecule has 116 valence electrons. The van der Waals surface area contributed by atoms with Crippen LogP contribution < -0.4 is 0 Å². The zero-order valence-electron chi connectivity index (χ0n) is 11.9. The van der Waals surface area contributed by atoms with Gasteiger partial charge in [-0.3, -0.25) is 9.69 Å². The summed E-state index contributed by atoms with van der Waals surface area (Å²) in [6.45, 7) is 3.52. The van der Waals surface area contributed by atoms with E-state index in [2.05, 4.69) is 15.9 Å². The molecule has 2 rings (SSSR count). The van der Waals surface area contributed by atoms with Gasteiger partial charge in [-0.2, -0.15) is 0 Å². The minimum atomic E-state index is -1.05. The van der Waals surface area contributed by atoms with Crippen molar-refractivity contribution in [1.29, 1.82) is 0 Å². The van der Waals surface area contributed by atoms with Crippen LogP contribution in [-0.2, 0) is 9.59 Å². The van der Waals surface area contributed by atoms with Crippen LogP contribution in [0.2, 0.25) is 0 Å². The molecule has 0 radical (unpaired) electrons. The van der Waals surface area contributed by atoms with Gasteiger partial charge < -0.3 is 5.11 Å². The number of carboxylic acids is 1. The van der Waals surface area contributed by atoms with E-state index in [-0.39, 0.29) is 16.1 Å².